The Hall–Kier alpha value is -2.73. The van der Waals surface area contributed by atoms with Crippen molar-refractivity contribution in [1.29, 1.82) is 0 Å². The van der Waals surface area contributed by atoms with E-state index in [2.05, 4.69) is 10.3 Å². The van der Waals surface area contributed by atoms with Crippen LogP contribution in [-0.4, -0.2) is 33.3 Å². The van der Waals surface area contributed by atoms with Gasteiger partial charge in [-0.2, -0.15) is 13.2 Å². The summed E-state index contributed by atoms with van der Waals surface area (Å²) in [5, 5.41) is 2.64. The lowest BCUT2D eigenvalue weighted by atomic mass is 9.99. The summed E-state index contributed by atoms with van der Waals surface area (Å²) in [7, 11) is 1.18. The number of hydrogen-bond acceptors (Lipinski definition) is 5. The Kier molecular flexibility index (Phi) is 10.0. The lowest BCUT2D eigenvalue weighted by molar-refractivity contribution is -0.141. The van der Waals surface area contributed by atoms with Gasteiger partial charge in [-0.3, -0.25) is 9.00 Å². The molecule has 1 aromatic heterocycles. The molecule has 1 aromatic carbocycles. The van der Waals surface area contributed by atoms with Crippen molar-refractivity contribution in [2.75, 3.05) is 18.0 Å². The van der Waals surface area contributed by atoms with Gasteiger partial charge < -0.3 is 18.9 Å². The highest BCUT2D eigenvalue weighted by molar-refractivity contribution is 7.80. The van der Waals surface area contributed by atoms with Crippen molar-refractivity contribution in [3.05, 3.63) is 52.5 Å². The fraction of sp³-hybridized carbons (Fsp3) is 0.478. The summed E-state index contributed by atoms with van der Waals surface area (Å²) in [6, 6.07) is 4.64. The van der Waals surface area contributed by atoms with E-state index in [1.165, 1.54) is 33.0 Å². The third-order valence-corrected chi connectivity index (χ3v) is 6.10. The number of carbonyl (C=O) groups is 1. The molecule has 194 valence electrons. The van der Waals surface area contributed by atoms with E-state index < -0.39 is 40.8 Å². The van der Waals surface area contributed by atoms with E-state index in [1.807, 2.05) is 6.92 Å². The minimum Gasteiger partial charge on any atom is -0.755 e. The molecule has 0 spiro atoms. The molecule has 35 heavy (non-hydrogen) atoms. The van der Waals surface area contributed by atoms with E-state index in [9.17, 15) is 31.1 Å². The van der Waals surface area contributed by atoms with E-state index in [1.54, 1.807) is 0 Å². The van der Waals surface area contributed by atoms with Crippen molar-refractivity contribution >= 4 is 22.9 Å². The topological polar surface area (TPSA) is 94.6 Å². The number of ether oxygens (including phenoxy) is 1. The SMILES string of the molecule is CCCCCOc1nc(C(F)(F)F)cc(C)c1CNC(=O)C(C)c1ccc(N(C)S(=O)[O-])c(F)c1. The molecule has 0 bridgehead atoms. The van der Waals surface area contributed by atoms with Crippen LogP contribution in [0, 0.1) is 12.7 Å². The molecule has 0 aliphatic rings. The van der Waals surface area contributed by atoms with E-state index in [4.69, 9.17) is 4.74 Å². The number of hydrogen-bond donors (Lipinski definition) is 1. The minimum absolute atomic E-state index is 0.137. The van der Waals surface area contributed by atoms with E-state index in [-0.39, 0.29) is 30.3 Å². The lowest BCUT2D eigenvalue weighted by Crippen LogP contribution is -2.28. The molecule has 2 atom stereocenters. The molecular weight excluding hydrogens is 490 g/mol. The number of aryl methyl sites for hydroxylation is 1. The van der Waals surface area contributed by atoms with Gasteiger partial charge in [0.25, 0.3) is 0 Å². The molecule has 0 aliphatic heterocycles. The maximum Gasteiger partial charge on any atom is 0.433 e. The molecule has 0 aliphatic carbocycles. The van der Waals surface area contributed by atoms with Crippen molar-refractivity contribution in [3.63, 3.8) is 0 Å². The first-order chi connectivity index (χ1) is 16.4. The van der Waals surface area contributed by atoms with Crippen molar-refractivity contribution < 1.29 is 35.9 Å². The Bertz CT molecular complexity index is 1070. The van der Waals surface area contributed by atoms with Crippen LogP contribution in [0.2, 0.25) is 0 Å². The molecular formula is C23H28F4N3O4S-. The summed E-state index contributed by atoms with van der Waals surface area (Å²) in [6.45, 7) is 5.04. The Balaban J connectivity index is 2.20. The predicted molar refractivity (Wildman–Crippen MR) is 123 cm³/mol. The smallest absolute Gasteiger partial charge is 0.433 e. The second kappa shape index (κ2) is 12.3. The monoisotopic (exact) mass is 518 g/mol. The molecule has 2 aromatic rings. The number of amides is 1. The first-order valence-corrected chi connectivity index (χ1v) is 12.0. The number of carbonyl (C=O) groups excluding carboxylic acids is 1. The minimum atomic E-state index is -4.65. The summed E-state index contributed by atoms with van der Waals surface area (Å²) in [5.41, 5.74) is -0.382. The summed E-state index contributed by atoms with van der Waals surface area (Å²) in [5.74, 6) is -2.34. The normalized spacial score (nSPS) is 13.3. The molecule has 1 amide bonds. The van der Waals surface area contributed by atoms with Gasteiger partial charge in [0.15, 0.2) is 0 Å². The second-order valence-electron chi connectivity index (χ2n) is 8.03. The van der Waals surface area contributed by atoms with Crippen LogP contribution in [0.4, 0.5) is 23.2 Å². The number of benzene rings is 1. The molecule has 0 radical (unpaired) electrons. The van der Waals surface area contributed by atoms with Crippen LogP contribution in [0.3, 0.4) is 0 Å². The summed E-state index contributed by atoms with van der Waals surface area (Å²) >= 11 is -2.66. The highest BCUT2D eigenvalue weighted by Crippen LogP contribution is 2.32. The summed E-state index contributed by atoms with van der Waals surface area (Å²) in [4.78, 5) is 16.4. The zero-order chi connectivity index (χ0) is 26.3. The predicted octanol–water partition coefficient (Wildman–Crippen LogP) is 4.77. The first kappa shape index (κ1) is 28.5. The van der Waals surface area contributed by atoms with Crippen LogP contribution in [0.1, 0.15) is 61.4 Å². The number of pyridine rings is 1. The van der Waals surface area contributed by atoms with E-state index >= 15 is 0 Å². The number of nitrogens with one attached hydrogen (secondary N) is 1. The van der Waals surface area contributed by atoms with Crippen LogP contribution in [0.15, 0.2) is 24.3 Å². The number of anilines is 1. The summed E-state index contributed by atoms with van der Waals surface area (Å²) in [6.07, 6.45) is -2.25. The Morgan fingerprint density at radius 3 is 2.54 bits per heavy atom. The fourth-order valence-electron chi connectivity index (χ4n) is 3.28. The van der Waals surface area contributed by atoms with Gasteiger partial charge >= 0.3 is 6.18 Å². The Morgan fingerprint density at radius 2 is 1.97 bits per heavy atom. The van der Waals surface area contributed by atoms with Gasteiger partial charge in [-0.15, -0.1) is 0 Å². The van der Waals surface area contributed by atoms with Gasteiger partial charge in [0.05, 0.1) is 18.2 Å². The molecule has 1 heterocycles. The second-order valence-corrected chi connectivity index (χ2v) is 9.01. The molecule has 0 saturated heterocycles. The maximum atomic E-state index is 14.4. The highest BCUT2D eigenvalue weighted by atomic mass is 32.2. The van der Waals surface area contributed by atoms with Gasteiger partial charge in [0, 0.05) is 30.4 Å². The van der Waals surface area contributed by atoms with Crippen molar-refractivity contribution in [1.82, 2.24) is 10.3 Å². The highest BCUT2D eigenvalue weighted by Gasteiger charge is 2.34. The Morgan fingerprint density at radius 1 is 1.29 bits per heavy atom. The van der Waals surface area contributed by atoms with Gasteiger partial charge in [-0.1, -0.05) is 25.8 Å². The molecule has 12 heteroatoms. The zero-order valence-corrected chi connectivity index (χ0v) is 20.7. The van der Waals surface area contributed by atoms with E-state index in [0.29, 0.717) is 21.9 Å². The zero-order valence-electron chi connectivity index (χ0n) is 19.9. The molecule has 7 nitrogen and oxygen atoms in total. The van der Waals surface area contributed by atoms with Gasteiger partial charge in [0.1, 0.15) is 11.5 Å². The number of unbranched alkanes of at least 4 members (excludes halogenated alkanes) is 2. The van der Waals surface area contributed by atoms with Crippen LogP contribution in [0.5, 0.6) is 5.88 Å². The maximum absolute atomic E-state index is 14.4. The number of rotatable bonds is 11. The molecule has 0 fully saturated rings. The average molecular weight is 519 g/mol. The third kappa shape index (κ3) is 7.63. The van der Waals surface area contributed by atoms with E-state index in [0.717, 1.165) is 25.0 Å². The number of halogens is 4. The van der Waals surface area contributed by atoms with Crippen LogP contribution in [-0.2, 0) is 28.8 Å². The lowest BCUT2D eigenvalue weighted by Gasteiger charge is -2.22. The largest absolute Gasteiger partial charge is 0.755 e. The van der Waals surface area contributed by atoms with Crippen LogP contribution in [0.25, 0.3) is 0 Å². The molecule has 2 unspecified atom stereocenters. The molecule has 2 rings (SSSR count). The van der Waals surface area contributed by atoms with Gasteiger partial charge in [0.2, 0.25) is 11.8 Å². The van der Waals surface area contributed by atoms with Gasteiger partial charge in [-0.05, 0) is 49.6 Å². The van der Waals surface area contributed by atoms with Crippen LogP contribution < -0.4 is 14.4 Å². The van der Waals surface area contributed by atoms with Gasteiger partial charge in [-0.25, -0.2) is 9.37 Å². The van der Waals surface area contributed by atoms with Crippen molar-refractivity contribution in [2.24, 2.45) is 0 Å². The van der Waals surface area contributed by atoms with Crippen molar-refractivity contribution in [3.8, 4) is 5.88 Å². The van der Waals surface area contributed by atoms with Crippen LogP contribution >= 0.6 is 0 Å². The first-order valence-electron chi connectivity index (χ1n) is 11.0. The fourth-order valence-corrected chi connectivity index (χ4v) is 3.59. The standard InChI is InChI=1S/C23H29F4N3O4S/c1-5-6-7-10-34-22-17(14(2)11-20(29-22)23(25,26)27)13-28-21(31)15(3)16-8-9-19(18(24)12-16)30(4)35(32)33/h8-9,11-12,15H,5-7,10,13H2,1-4H3,(H,28,31)(H,32,33)/p-1. The Labute approximate surface area is 204 Å². The molecule has 0 saturated carbocycles. The third-order valence-electron chi connectivity index (χ3n) is 5.45. The number of alkyl halides is 3. The number of nitrogens with zero attached hydrogens (tertiary/aromatic N) is 2. The van der Waals surface area contributed by atoms with Crippen molar-refractivity contribution in [2.45, 2.75) is 58.7 Å². The molecule has 1 N–H and O–H groups in total. The number of aromatic nitrogens is 1. The summed E-state index contributed by atoms with van der Waals surface area (Å²) < 4.78 is 82.4. The average Bonchev–Trinajstić information content (AvgIpc) is 2.79. The quantitative estimate of drug-likeness (QED) is 0.263.